The summed E-state index contributed by atoms with van der Waals surface area (Å²) in [7, 11) is 3.91. The molecule has 18 heavy (non-hydrogen) atoms. The molecule has 0 unspecified atom stereocenters. The van der Waals surface area contributed by atoms with E-state index < -0.39 is 0 Å². The molecule has 0 atom stereocenters. The number of nitrogens with zero attached hydrogens (tertiary/aromatic N) is 3. The number of rotatable bonds is 4. The van der Waals surface area contributed by atoms with Gasteiger partial charge in [-0.25, -0.2) is 9.97 Å². The lowest BCUT2D eigenvalue weighted by atomic mass is 10.2. The minimum atomic E-state index is 0.835. The first-order valence-corrected chi connectivity index (χ1v) is 5.96. The molecule has 0 fully saturated rings. The molecule has 2 rings (SSSR count). The van der Waals surface area contributed by atoms with Gasteiger partial charge in [0.25, 0.3) is 0 Å². The van der Waals surface area contributed by atoms with Crippen molar-refractivity contribution in [3.8, 4) is 0 Å². The third-order valence-electron chi connectivity index (χ3n) is 2.92. The van der Waals surface area contributed by atoms with Gasteiger partial charge in [0.15, 0.2) is 0 Å². The third-order valence-corrected chi connectivity index (χ3v) is 2.92. The fraction of sp³-hybridized carbons (Fsp3) is 0.286. The molecule has 0 radical (unpaired) electrons. The second-order valence-electron chi connectivity index (χ2n) is 4.26. The fourth-order valence-corrected chi connectivity index (χ4v) is 2.01. The predicted octanol–water partition coefficient (Wildman–Crippen LogP) is 2.46. The Kier molecular flexibility index (Phi) is 3.77. The van der Waals surface area contributed by atoms with Crippen molar-refractivity contribution in [1.82, 2.24) is 9.97 Å². The van der Waals surface area contributed by atoms with E-state index in [1.54, 1.807) is 6.33 Å². The number of hydrogen-bond donors (Lipinski definition) is 1. The van der Waals surface area contributed by atoms with Crippen LogP contribution in [0.1, 0.15) is 11.1 Å². The van der Waals surface area contributed by atoms with Crippen LogP contribution in [0.15, 0.2) is 36.7 Å². The average Bonchev–Trinajstić information content (AvgIpc) is 2.40. The van der Waals surface area contributed by atoms with Gasteiger partial charge in [0.05, 0.1) is 0 Å². The van der Waals surface area contributed by atoms with Crippen LogP contribution in [0.5, 0.6) is 0 Å². The van der Waals surface area contributed by atoms with E-state index in [2.05, 4.69) is 44.5 Å². The molecule has 1 N–H and O–H groups in total. The molecule has 0 aliphatic heterocycles. The highest BCUT2D eigenvalue weighted by Crippen LogP contribution is 2.21. The zero-order chi connectivity index (χ0) is 13.0. The Morgan fingerprint density at radius 2 is 1.89 bits per heavy atom. The molecule has 1 aromatic carbocycles. The zero-order valence-electron chi connectivity index (χ0n) is 11.0. The highest BCUT2D eigenvalue weighted by atomic mass is 15.2. The zero-order valence-corrected chi connectivity index (χ0v) is 11.0. The Morgan fingerprint density at radius 3 is 2.56 bits per heavy atom. The summed E-state index contributed by atoms with van der Waals surface area (Å²) in [6.07, 6.45) is 1.59. The Balaban J connectivity index is 2.21. The van der Waals surface area contributed by atoms with E-state index in [1.165, 1.54) is 5.56 Å². The summed E-state index contributed by atoms with van der Waals surface area (Å²) in [6, 6.07) is 10.4. The van der Waals surface area contributed by atoms with Crippen molar-refractivity contribution in [2.45, 2.75) is 13.5 Å². The van der Waals surface area contributed by atoms with Crippen LogP contribution in [0.3, 0.4) is 0 Å². The van der Waals surface area contributed by atoms with Crippen LogP contribution in [0.2, 0.25) is 0 Å². The van der Waals surface area contributed by atoms with Gasteiger partial charge in [-0.15, -0.1) is 0 Å². The number of aromatic nitrogens is 2. The quantitative estimate of drug-likeness (QED) is 0.894. The highest BCUT2D eigenvalue weighted by Gasteiger charge is 2.10. The van der Waals surface area contributed by atoms with Crippen LogP contribution in [0.4, 0.5) is 11.6 Å². The normalized spacial score (nSPS) is 10.2. The Hall–Kier alpha value is -2.10. The van der Waals surface area contributed by atoms with Crippen molar-refractivity contribution in [2.24, 2.45) is 0 Å². The van der Waals surface area contributed by atoms with Crippen LogP contribution >= 0.6 is 0 Å². The van der Waals surface area contributed by atoms with Crippen LogP contribution in [0.25, 0.3) is 0 Å². The summed E-state index contributed by atoms with van der Waals surface area (Å²) in [5.41, 5.74) is 2.34. The van der Waals surface area contributed by atoms with Crippen LogP contribution in [-0.2, 0) is 6.54 Å². The van der Waals surface area contributed by atoms with E-state index in [0.717, 1.165) is 23.7 Å². The Bertz CT molecular complexity index is 510. The van der Waals surface area contributed by atoms with Gasteiger partial charge in [-0.3, -0.25) is 0 Å². The van der Waals surface area contributed by atoms with Gasteiger partial charge in [0.2, 0.25) is 0 Å². The minimum Gasteiger partial charge on any atom is -0.373 e. The summed E-state index contributed by atoms with van der Waals surface area (Å²) < 4.78 is 0. The van der Waals surface area contributed by atoms with E-state index in [-0.39, 0.29) is 0 Å². The first-order valence-electron chi connectivity index (χ1n) is 5.96. The molecular formula is C14H18N4. The lowest BCUT2D eigenvalue weighted by molar-refractivity contribution is 0.883. The van der Waals surface area contributed by atoms with Gasteiger partial charge >= 0.3 is 0 Å². The molecule has 1 heterocycles. The maximum Gasteiger partial charge on any atom is 0.137 e. The molecule has 94 valence electrons. The predicted molar refractivity (Wildman–Crippen MR) is 74.9 cm³/mol. The molecule has 0 saturated heterocycles. The number of hydrogen-bond acceptors (Lipinski definition) is 4. The van der Waals surface area contributed by atoms with Crippen LogP contribution in [0, 0.1) is 6.92 Å². The van der Waals surface area contributed by atoms with E-state index in [1.807, 2.05) is 27.1 Å². The van der Waals surface area contributed by atoms with E-state index in [4.69, 9.17) is 0 Å². The maximum absolute atomic E-state index is 4.36. The molecule has 2 aromatic rings. The van der Waals surface area contributed by atoms with Crippen molar-refractivity contribution >= 4 is 11.6 Å². The lowest BCUT2D eigenvalue weighted by Gasteiger charge is -2.21. The van der Waals surface area contributed by atoms with E-state index >= 15 is 0 Å². The van der Waals surface area contributed by atoms with Gasteiger partial charge < -0.3 is 10.2 Å². The Morgan fingerprint density at radius 1 is 1.17 bits per heavy atom. The molecule has 0 amide bonds. The van der Waals surface area contributed by atoms with Gasteiger partial charge in [-0.1, -0.05) is 30.3 Å². The second-order valence-corrected chi connectivity index (χ2v) is 4.26. The summed E-state index contributed by atoms with van der Waals surface area (Å²) in [5.74, 6) is 1.83. The molecule has 0 aliphatic rings. The maximum atomic E-state index is 4.36. The number of benzene rings is 1. The van der Waals surface area contributed by atoms with Gasteiger partial charge in [-0.2, -0.15) is 0 Å². The summed E-state index contributed by atoms with van der Waals surface area (Å²) in [6.45, 7) is 2.87. The minimum absolute atomic E-state index is 0.835. The monoisotopic (exact) mass is 242 g/mol. The standard InChI is InChI=1S/C14H18N4/c1-11-13(15-2)16-10-17-14(11)18(3)9-12-7-5-4-6-8-12/h4-8,10H,9H2,1-3H3,(H,15,16,17). The highest BCUT2D eigenvalue weighted by molar-refractivity contribution is 5.57. The Labute approximate surface area is 108 Å². The number of nitrogens with one attached hydrogen (secondary N) is 1. The number of anilines is 2. The molecule has 0 spiro atoms. The van der Waals surface area contributed by atoms with Crippen molar-refractivity contribution < 1.29 is 0 Å². The first-order chi connectivity index (χ1) is 8.72. The van der Waals surface area contributed by atoms with Gasteiger partial charge in [0.1, 0.15) is 18.0 Å². The van der Waals surface area contributed by atoms with Crippen molar-refractivity contribution in [1.29, 1.82) is 0 Å². The average molecular weight is 242 g/mol. The SMILES string of the molecule is CNc1ncnc(N(C)Cc2ccccc2)c1C. The van der Waals surface area contributed by atoms with Crippen LogP contribution < -0.4 is 10.2 Å². The van der Waals surface area contributed by atoms with Crippen molar-refractivity contribution in [2.75, 3.05) is 24.3 Å². The summed E-state index contributed by atoms with van der Waals surface area (Å²) in [4.78, 5) is 10.7. The molecule has 0 saturated carbocycles. The molecule has 0 aliphatic carbocycles. The topological polar surface area (TPSA) is 41.1 Å². The van der Waals surface area contributed by atoms with Gasteiger partial charge in [0, 0.05) is 26.2 Å². The largest absolute Gasteiger partial charge is 0.373 e. The lowest BCUT2D eigenvalue weighted by Crippen LogP contribution is -2.19. The first kappa shape index (κ1) is 12.4. The molecular weight excluding hydrogens is 224 g/mol. The van der Waals surface area contributed by atoms with E-state index in [9.17, 15) is 0 Å². The van der Waals surface area contributed by atoms with E-state index in [0.29, 0.717) is 0 Å². The van der Waals surface area contributed by atoms with Crippen LogP contribution in [-0.4, -0.2) is 24.1 Å². The van der Waals surface area contributed by atoms with Gasteiger partial charge in [-0.05, 0) is 12.5 Å². The van der Waals surface area contributed by atoms with Crippen molar-refractivity contribution in [3.63, 3.8) is 0 Å². The molecule has 1 aromatic heterocycles. The molecule has 4 heteroatoms. The molecule has 4 nitrogen and oxygen atoms in total. The summed E-state index contributed by atoms with van der Waals surface area (Å²) >= 11 is 0. The van der Waals surface area contributed by atoms with Crippen molar-refractivity contribution in [3.05, 3.63) is 47.8 Å². The molecule has 0 bridgehead atoms. The fourth-order valence-electron chi connectivity index (χ4n) is 2.01. The summed E-state index contributed by atoms with van der Waals surface area (Å²) in [5, 5.41) is 3.08. The third kappa shape index (κ3) is 2.59. The smallest absolute Gasteiger partial charge is 0.137 e. The second kappa shape index (κ2) is 5.49.